The molecule has 17 heteroatoms. The summed E-state index contributed by atoms with van der Waals surface area (Å²) in [5.41, 5.74) is -3.06. The van der Waals surface area contributed by atoms with Gasteiger partial charge in [0, 0.05) is 16.4 Å². The molecule has 5 aliphatic carbocycles. The van der Waals surface area contributed by atoms with Crippen LogP contribution in [0.15, 0.2) is 23.3 Å². The molecule has 6 fully saturated rings. The Morgan fingerprint density at radius 2 is 1.48 bits per heavy atom. The van der Waals surface area contributed by atoms with E-state index in [1.54, 1.807) is 19.9 Å². The fourth-order valence-corrected chi connectivity index (χ4v) is 14.3. The second-order valence-electron chi connectivity index (χ2n) is 21.6. The third-order valence-electron chi connectivity index (χ3n) is 18.3. The van der Waals surface area contributed by atoms with Gasteiger partial charge in [-0.1, -0.05) is 59.3 Å². The van der Waals surface area contributed by atoms with Crippen LogP contribution in [0.3, 0.4) is 0 Å². The highest BCUT2D eigenvalue weighted by atomic mass is 16.7. The molecule has 4 saturated carbocycles. The van der Waals surface area contributed by atoms with Crippen molar-refractivity contribution in [2.75, 3.05) is 19.8 Å². The number of aliphatic hydroxyl groups excluding tert-OH is 9. The molecule has 10 N–H and O–H groups in total. The molecule has 7 rings (SSSR count). The summed E-state index contributed by atoms with van der Waals surface area (Å²) in [7, 11) is 0. The molecule has 2 heterocycles. The van der Waals surface area contributed by atoms with Gasteiger partial charge in [0.25, 0.3) is 0 Å². The molecule has 0 aromatic rings. The lowest BCUT2D eigenvalue weighted by atomic mass is 9.32. The smallest absolute Gasteiger partial charge is 0.335 e. The first-order valence-electron chi connectivity index (χ1n) is 22.7. The average Bonchev–Trinajstić information content (AvgIpc) is 3.50. The van der Waals surface area contributed by atoms with Crippen LogP contribution in [0.4, 0.5) is 0 Å². The number of fused-ring (bicyclic) bond motifs is 7. The van der Waals surface area contributed by atoms with Crippen molar-refractivity contribution < 1.29 is 84.3 Å². The molecular formula is C46H72O17. The van der Waals surface area contributed by atoms with Crippen molar-refractivity contribution in [3.8, 4) is 0 Å². The summed E-state index contributed by atoms with van der Waals surface area (Å²) >= 11 is 0. The van der Waals surface area contributed by atoms with Crippen molar-refractivity contribution in [1.29, 1.82) is 0 Å². The lowest BCUT2D eigenvalue weighted by Gasteiger charge is -2.73. The topological polar surface area (TPSA) is 283 Å². The number of carboxylic acids is 1. The van der Waals surface area contributed by atoms with Gasteiger partial charge < -0.3 is 74.7 Å². The number of allylic oxidation sites excluding steroid dienone is 2. The van der Waals surface area contributed by atoms with Gasteiger partial charge in [-0.2, -0.15) is 0 Å². The molecule has 0 spiro atoms. The summed E-state index contributed by atoms with van der Waals surface area (Å²) in [5, 5.41) is 110. The molecule has 0 aromatic carbocycles. The van der Waals surface area contributed by atoms with Crippen molar-refractivity contribution in [2.45, 2.75) is 180 Å². The Balaban J connectivity index is 1.17. The first-order valence-corrected chi connectivity index (χ1v) is 22.7. The molecule has 0 aromatic heterocycles. The number of aliphatic carboxylic acids is 1. The van der Waals surface area contributed by atoms with Gasteiger partial charge in [-0.05, 0) is 92.8 Å². The molecule has 0 radical (unpaired) electrons. The number of hydrogen-bond acceptors (Lipinski definition) is 16. The molecular weight excluding hydrogens is 824 g/mol. The van der Waals surface area contributed by atoms with E-state index in [0.29, 0.717) is 37.7 Å². The predicted octanol–water partition coefficient (Wildman–Crippen LogP) is 0.923. The summed E-state index contributed by atoms with van der Waals surface area (Å²) in [4.78, 5) is 25.4. The third kappa shape index (κ3) is 7.12. The highest BCUT2D eigenvalue weighted by molar-refractivity contribution is 5.87. The van der Waals surface area contributed by atoms with E-state index in [1.165, 1.54) is 0 Å². The van der Waals surface area contributed by atoms with E-state index in [1.807, 2.05) is 20.8 Å². The molecule has 0 amide bonds. The standard InChI is InChI=1S/C46H72O17/c1-9-21(2)38(58)63-36-35(55)46(20-49)23(16-41(36,3)4)22-10-11-26-42(5)14-13-28(43(6,19-48)25(42)12-15-44(26,7)45(22,8)17-27(46)50)60-40-32(54)33(31(53)34(62-40)37(56)57)61-39-30(52)29(51)24(18-47)59-39/h9,12,22-24,26-36,39-40,47-55H,10-11,13-20H2,1-8H3,(H,56,57)/b21-9-/t22-,23+,24+,26-,27-,28?,29+,30-,31-,32-,33+,34+,35+,36+,39-,40-,42+,43-,44-,45-,46+/m1/s1. The van der Waals surface area contributed by atoms with E-state index < -0.39 is 137 Å². The van der Waals surface area contributed by atoms with Gasteiger partial charge in [0.05, 0.1) is 37.4 Å². The molecule has 63 heavy (non-hydrogen) atoms. The number of carbonyl (C=O) groups is 2. The minimum atomic E-state index is -1.96. The number of aliphatic hydroxyl groups is 9. The zero-order valence-electron chi connectivity index (χ0n) is 37.8. The summed E-state index contributed by atoms with van der Waals surface area (Å²) in [5.74, 6) is -2.37. The molecule has 7 aliphatic rings. The fourth-order valence-electron chi connectivity index (χ4n) is 14.3. The molecule has 2 aliphatic heterocycles. The van der Waals surface area contributed by atoms with E-state index in [0.717, 1.165) is 18.4 Å². The summed E-state index contributed by atoms with van der Waals surface area (Å²) in [6.07, 6.45) is -11.8. The van der Waals surface area contributed by atoms with Crippen LogP contribution < -0.4 is 0 Å². The monoisotopic (exact) mass is 896 g/mol. The van der Waals surface area contributed by atoms with Gasteiger partial charge in [0.1, 0.15) is 48.8 Å². The maximum atomic E-state index is 13.1. The zero-order chi connectivity index (χ0) is 46.6. The molecule has 21 atom stereocenters. The lowest BCUT2D eigenvalue weighted by molar-refractivity contribution is -0.339. The average molecular weight is 897 g/mol. The van der Waals surface area contributed by atoms with Gasteiger partial charge >= 0.3 is 11.9 Å². The first kappa shape index (κ1) is 48.8. The SMILES string of the molecule is C/C=C(/C)C(=O)O[C@H]1[C@H](O)[C@]2(CO)[C@H](O)C[C@]3(C)[C@H](CC[C@@H]4[C@@]5(C)CCC(O[C@@H]6O[C@H](C(=O)O)[C@H](O)[C@H](O[C@H]7O[C@@H](CO)[C@H](O)[C@H]7O)[C@H]6O)[C@](C)(CO)C5=CC[C@]43C)[C@@H]2CC1(C)C. The number of esters is 1. The number of ether oxygens (including phenoxy) is 5. The summed E-state index contributed by atoms with van der Waals surface area (Å²) in [6.45, 7) is 14.4. The number of carbonyl (C=O) groups excluding carboxylic acids is 1. The van der Waals surface area contributed by atoms with Gasteiger partial charge in [-0.25, -0.2) is 9.59 Å². The highest BCUT2D eigenvalue weighted by Crippen LogP contribution is 2.76. The van der Waals surface area contributed by atoms with Crippen LogP contribution in [0.2, 0.25) is 0 Å². The Morgan fingerprint density at radius 3 is 2.06 bits per heavy atom. The van der Waals surface area contributed by atoms with Gasteiger partial charge in [0.15, 0.2) is 18.7 Å². The Kier molecular flexibility index (Phi) is 13.1. The van der Waals surface area contributed by atoms with Crippen molar-refractivity contribution in [3.63, 3.8) is 0 Å². The lowest BCUT2D eigenvalue weighted by Crippen LogP contribution is -2.73. The minimum Gasteiger partial charge on any atom is -0.479 e. The van der Waals surface area contributed by atoms with Crippen molar-refractivity contribution >= 4 is 11.9 Å². The third-order valence-corrected chi connectivity index (χ3v) is 18.3. The zero-order valence-corrected chi connectivity index (χ0v) is 37.8. The van der Waals surface area contributed by atoms with Crippen molar-refractivity contribution in [2.24, 2.45) is 50.2 Å². The predicted molar refractivity (Wildman–Crippen MR) is 221 cm³/mol. The van der Waals surface area contributed by atoms with E-state index in [-0.39, 0.29) is 24.4 Å². The molecule has 2 saturated heterocycles. The number of hydrogen-bond donors (Lipinski definition) is 10. The molecule has 17 nitrogen and oxygen atoms in total. The minimum absolute atomic E-state index is 0.00855. The first-order chi connectivity index (χ1) is 29.4. The van der Waals surface area contributed by atoms with Gasteiger partial charge in [-0.3, -0.25) is 0 Å². The van der Waals surface area contributed by atoms with Crippen LogP contribution in [0.1, 0.15) is 100 Å². The molecule has 358 valence electrons. The number of rotatable bonds is 10. The van der Waals surface area contributed by atoms with E-state index >= 15 is 0 Å². The fraction of sp³-hybridized carbons (Fsp3) is 0.870. The van der Waals surface area contributed by atoms with Crippen LogP contribution in [0, 0.1) is 50.2 Å². The summed E-state index contributed by atoms with van der Waals surface area (Å²) in [6, 6.07) is 0. The quantitative estimate of drug-likeness (QED) is 0.0829. The van der Waals surface area contributed by atoms with Crippen LogP contribution in [-0.4, -0.2) is 163 Å². The van der Waals surface area contributed by atoms with Gasteiger partial charge in [0.2, 0.25) is 0 Å². The van der Waals surface area contributed by atoms with E-state index in [9.17, 15) is 60.7 Å². The maximum absolute atomic E-state index is 13.1. The molecule has 0 bridgehead atoms. The van der Waals surface area contributed by atoms with Crippen LogP contribution in [0.5, 0.6) is 0 Å². The normalized spacial score (nSPS) is 51.8. The second kappa shape index (κ2) is 16.9. The van der Waals surface area contributed by atoms with Gasteiger partial charge in [-0.15, -0.1) is 0 Å². The second-order valence-corrected chi connectivity index (χ2v) is 21.6. The highest BCUT2D eigenvalue weighted by Gasteiger charge is 2.74. The summed E-state index contributed by atoms with van der Waals surface area (Å²) < 4.78 is 29.2. The Labute approximate surface area is 369 Å². The molecule has 1 unspecified atom stereocenters. The largest absolute Gasteiger partial charge is 0.479 e. The Bertz CT molecular complexity index is 1800. The van der Waals surface area contributed by atoms with Crippen molar-refractivity contribution in [1.82, 2.24) is 0 Å². The van der Waals surface area contributed by atoms with E-state index in [4.69, 9.17) is 23.7 Å². The van der Waals surface area contributed by atoms with Crippen molar-refractivity contribution in [3.05, 3.63) is 23.3 Å². The van der Waals surface area contributed by atoms with Crippen LogP contribution in [0.25, 0.3) is 0 Å². The Morgan fingerprint density at radius 1 is 0.810 bits per heavy atom. The Hall–Kier alpha value is -2.10. The maximum Gasteiger partial charge on any atom is 0.335 e. The van der Waals surface area contributed by atoms with Crippen LogP contribution >= 0.6 is 0 Å². The number of carboxylic acid groups (broad SMARTS) is 1. The van der Waals surface area contributed by atoms with E-state index in [2.05, 4.69) is 26.8 Å². The van der Waals surface area contributed by atoms with Crippen LogP contribution in [-0.2, 0) is 33.3 Å².